The van der Waals surface area contributed by atoms with Crippen molar-refractivity contribution in [3.8, 4) is 0 Å². The molecule has 0 aromatic rings. The second-order valence-corrected chi connectivity index (χ2v) is 3.80. The van der Waals surface area contributed by atoms with E-state index in [1.807, 2.05) is 0 Å². The smallest absolute Gasteiger partial charge is 0.312 e. The summed E-state index contributed by atoms with van der Waals surface area (Å²) in [6.07, 6.45) is 1.38. The fourth-order valence-corrected chi connectivity index (χ4v) is 2.41. The minimum atomic E-state index is -2.73. The molecule has 2 aliphatic rings. The Balaban J connectivity index is 2.04. The predicted molar refractivity (Wildman–Crippen MR) is 46.1 cm³/mol. The lowest BCUT2D eigenvalue weighted by Gasteiger charge is -2.32. The molecule has 2 saturated heterocycles. The van der Waals surface area contributed by atoms with Crippen molar-refractivity contribution >= 4 is 5.97 Å². The summed E-state index contributed by atoms with van der Waals surface area (Å²) in [6.45, 7) is 0. The van der Waals surface area contributed by atoms with Crippen LogP contribution in [0.25, 0.3) is 0 Å². The fourth-order valence-electron chi connectivity index (χ4n) is 2.41. The zero-order valence-electron chi connectivity index (χ0n) is 10.2. The number of hydrogen-bond donors (Lipinski definition) is 2. The number of esters is 1. The van der Waals surface area contributed by atoms with Crippen LogP contribution in [0.3, 0.4) is 0 Å². The Morgan fingerprint density at radius 3 is 3.31 bits per heavy atom. The molecule has 2 fully saturated rings. The normalized spacial score (nSPS) is 47.6. The highest BCUT2D eigenvalue weighted by Crippen LogP contribution is 2.32. The van der Waals surface area contributed by atoms with Gasteiger partial charge in [-0.1, -0.05) is 0 Å². The monoisotopic (exact) mass is 188 g/mol. The van der Waals surface area contributed by atoms with E-state index in [4.69, 9.17) is 4.11 Å². The number of nitrogens with one attached hydrogen (secondary N) is 1. The Kier molecular flexibility index (Phi) is 1.51. The summed E-state index contributed by atoms with van der Waals surface area (Å²) in [7, 11) is -2.73. The number of aliphatic hydroxyl groups excluding tert-OH is 1. The first-order valence-corrected chi connectivity index (χ1v) is 4.54. The lowest BCUT2D eigenvalue weighted by Crippen LogP contribution is -2.51. The van der Waals surface area contributed by atoms with Crippen LogP contribution in [-0.2, 0) is 9.53 Å². The van der Waals surface area contributed by atoms with Gasteiger partial charge in [0.15, 0.2) is 0 Å². The third kappa shape index (κ3) is 1.44. The highest BCUT2D eigenvalue weighted by molar-refractivity contribution is 5.74. The zero-order chi connectivity index (χ0) is 11.9. The maximum atomic E-state index is 11.6. The SMILES string of the molecule is [2H]C([2H])([2H])OC(=O)[C@H]1[C@@H](O)C[C@@H]2CC[C@H]1N2. The van der Waals surface area contributed by atoms with Crippen LogP contribution in [0.15, 0.2) is 0 Å². The number of aliphatic hydroxyl groups is 1. The van der Waals surface area contributed by atoms with Crippen molar-refractivity contribution in [1.29, 1.82) is 0 Å². The lowest BCUT2D eigenvalue weighted by atomic mass is 9.89. The van der Waals surface area contributed by atoms with Crippen molar-refractivity contribution in [2.24, 2.45) is 5.92 Å². The fraction of sp³-hybridized carbons (Fsp3) is 0.889. The highest BCUT2D eigenvalue weighted by atomic mass is 16.5. The van der Waals surface area contributed by atoms with Crippen LogP contribution >= 0.6 is 0 Å². The largest absolute Gasteiger partial charge is 0.469 e. The van der Waals surface area contributed by atoms with Crippen LogP contribution in [0.1, 0.15) is 23.4 Å². The van der Waals surface area contributed by atoms with Gasteiger partial charge in [0.25, 0.3) is 0 Å². The Morgan fingerprint density at radius 1 is 1.69 bits per heavy atom. The minimum absolute atomic E-state index is 0.149. The third-order valence-corrected chi connectivity index (χ3v) is 3.02. The van der Waals surface area contributed by atoms with E-state index in [0.29, 0.717) is 6.42 Å². The van der Waals surface area contributed by atoms with Crippen LogP contribution in [0.5, 0.6) is 0 Å². The molecule has 0 spiro atoms. The standard InChI is InChI=1S/C9H15NO3/c1-13-9(12)8-6-3-2-5(10-6)4-7(8)11/h5-8,10-11H,2-4H2,1H3/t5-,6+,7-,8+/m0/s1/i1D3. The number of ether oxygens (including phenoxy) is 1. The Bertz CT molecular complexity index is 294. The second-order valence-electron chi connectivity index (χ2n) is 3.80. The van der Waals surface area contributed by atoms with E-state index >= 15 is 0 Å². The van der Waals surface area contributed by atoms with Crippen molar-refractivity contribution in [1.82, 2.24) is 5.32 Å². The van der Waals surface area contributed by atoms with Crippen LogP contribution < -0.4 is 5.32 Å². The first-order chi connectivity index (χ1) is 7.37. The van der Waals surface area contributed by atoms with Crippen molar-refractivity contribution in [3.63, 3.8) is 0 Å². The van der Waals surface area contributed by atoms with Crippen molar-refractivity contribution in [2.45, 2.75) is 37.5 Å². The van der Waals surface area contributed by atoms with E-state index < -0.39 is 25.0 Å². The lowest BCUT2D eigenvalue weighted by molar-refractivity contribution is -0.152. The van der Waals surface area contributed by atoms with Gasteiger partial charge in [-0.3, -0.25) is 4.79 Å². The molecule has 2 bridgehead atoms. The van der Waals surface area contributed by atoms with Crippen LogP contribution in [0, 0.1) is 5.92 Å². The van der Waals surface area contributed by atoms with Gasteiger partial charge in [-0.25, -0.2) is 0 Å². The molecule has 0 aromatic heterocycles. The molecular formula is C9H15NO3. The van der Waals surface area contributed by atoms with Crippen molar-refractivity contribution in [3.05, 3.63) is 0 Å². The molecule has 13 heavy (non-hydrogen) atoms. The van der Waals surface area contributed by atoms with Gasteiger partial charge in [-0.05, 0) is 19.3 Å². The summed E-state index contributed by atoms with van der Waals surface area (Å²) >= 11 is 0. The van der Waals surface area contributed by atoms with E-state index in [1.54, 1.807) is 0 Å². The maximum absolute atomic E-state index is 11.6. The van der Waals surface area contributed by atoms with Gasteiger partial charge in [-0.15, -0.1) is 0 Å². The van der Waals surface area contributed by atoms with Crippen LogP contribution in [0.4, 0.5) is 0 Å². The van der Waals surface area contributed by atoms with Crippen molar-refractivity contribution in [2.75, 3.05) is 7.04 Å². The van der Waals surface area contributed by atoms with Crippen LogP contribution in [-0.4, -0.2) is 36.3 Å². The van der Waals surface area contributed by atoms with Gasteiger partial charge >= 0.3 is 5.97 Å². The Hall–Kier alpha value is -0.610. The molecule has 2 N–H and O–H groups in total. The average Bonchev–Trinajstić information content (AvgIpc) is 2.44. The first-order valence-electron chi connectivity index (χ1n) is 6.04. The molecule has 2 rings (SSSR count). The first kappa shape index (κ1) is 5.98. The van der Waals surface area contributed by atoms with Gasteiger partial charge < -0.3 is 15.2 Å². The summed E-state index contributed by atoms with van der Waals surface area (Å²) < 4.78 is 25.0. The van der Waals surface area contributed by atoms with E-state index in [-0.39, 0.29) is 12.1 Å². The quantitative estimate of drug-likeness (QED) is 0.553. The molecular weight excluding hydrogens is 170 g/mol. The molecule has 0 saturated carbocycles. The van der Waals surface area contributed by atoms with E-state index in [9.17, 15) is 9.90 Å². The van der Waals surface area contributed by atoms with E-state index in [0.717, 1.165) is 12.8 Å². The number of carbonyl (C=O) groups excluding carboxylic acids is 1. The summed E-state index contributed by atoms with van der Waals surface area (Å²) in [5, 5.41) is 13.0. The molecule has 4 atom stereocenters. The summed E-state index contributed by atoms with van der Waals surface area (Å²) in [5.74, 6) is -1.58. The van der Waals surface area contributed by atoms with E-state index in [1.165, 1.54) is 0 Å². The predicted octanol–water partition coefficient (Wildman–Crippen LogP) is -0.339. The molecule has 74 valence electrons. The number of rotatable bonds is 1. The number of fused-ring (bicyclic) bond motifs is 2. The molecule has 4 nitrogen and oxygen atoms in total. The third-order valence-electron chi connectivity index (χ3n) is 3.02. The van der Waals surface area contributed by atoms with Gasteiger partial charge in [0.1, 0.15) is 0 Å². The second kappa shape index (κ2) is 3.27. The highest BCUT2D eigenvalue weighted by Gasteiger charge is 2.45. The molecule has 0 unspecified atom stereocenters. The average molecular weight is 188 g/mol. The van der Waals surface area contributed by atoms with E-state index in [2.05, 4.69) is 10.1 Å². The maximum Gasteiger partial charge on any atom is 0.312 e. The van der Waals surface area contributed by atoms with Gasteiger partial charge in [0.2, 0.25) is 0 Å². The minimum Gasteiger partial charge on any atom is -0.469 e. The molecule has 0 aliphatic carbocycles. The molecule has 2 aliphatic heterocycles. The zero-order valence-corrected chi connectivity index (χ0v) is 7.19. The Labute approximate surface area is 81.5 Å². The molecule has 0 amide bonds. The summed E-state index contributed by atoms with van der Waals surface area (Å²) in [5.41, 5.74) is 0. The molecule has 2 heterocycles. The van der Waals surface area contributed by atoms with Crippen molar-refractivity contribution < 1.29 is 18.8 Å². The number of piperidine rings is 1. The van der Waals surface area contributed by atoms with Gasteiger partial charge in [0.05, 0.1) is 23.2 Å². The summed E-state index contributed by atoms with van der Waals surface area (Å²) in [6, 6.07) is 0.0976. The molecule has 0 aromatic carbocycles. The number of carbonyl (C=O) groups is 1. The number of hydrogen-bond acceptors (Lipinski definition) is 4. The number of methoxy groups -OCH3 is 1. The van der Waals surface area contributed by atoms with Gasteiger partial charge in [0, 0.05) is 12.1 Å². The summed E-state index contributed by atoms with van der Waals surface area (Å²) in [4.78, 5) is 11.6. The molecule has 0 radical (unpaired) electrons. The van der Waals surface area contributed by atoms with Crippen LogP contribution in [0.2, 0.25) is 0 Å². The van der Waals surface area contributed by atoms with Gasteiger partial charge in [-0.2, -0.15) is 0 Å². The molecule has 4 heteroatoms. The topological polar surface area (TPSA) is 58.6 Å². The Morgan fingerprint density at radius 2 is 2.54 bits per heavy atom.